The van der Waals surface area contributed by atoms with E-state index in [1.54, 1.807) is 12.1 Å². The molecule has 0 unspecified atom stereocenters. The van der Waals surface area contributed by atoms with Crippen LogP contribution in [-0.2, 0) is 0 Å². The topological polar surface area (TPSA) is 70.7 Å². The summed E-state index contributed by atoms with van der Waals surface area (Å²) in [6.45, 7) is 3.91. The van der Waals surface area contributed by atoms with Gasteiger partial charge in [-0.3, -0.25) is 0 Å². The predicted octanol–water partition coefficient (Wildman–Crippen LogP) is 0.471. The van der Waals surface area contributed by atoms with Gasteiger partial charge in [0.2, 0.25) is 0 Å². The molecule has 0 bridgehead atoms. The van der Waals surface area contributed by atoms with Crippen molar-refractivity contribution in [3.8, 4) is 5.69 Å². The Morgan fingerprint density at radius 2 is 1.60 bits per heavy atom. The van der Waals surface area contributed by atoms with Gasteiger partial charge in [0, 0.05) is 0 Å². The van der Waals surface area contributed by atoms with Crippen molar-refractivity contribution in [3.63, 3.8) is 0 Å². The molecule has 0 saturated heterocycles. The van der Waals surface area contributed by atoms with Gasteiger partial charge in [0.25, 0.3) is 0 Å². The first-order chi connectivity index (χ1) is 7.09. The van der Waals surface area contributed by atoms with Crippen molar-refractivity contribution in [3.05, 3.63) is 50.3 Å². The minimum Gasteiger partial charge on any atom is -0.247 e. The molecule has 2 rings (SSSR count). The summed E-state index contributed by atoms with van der Waals surface area (Å²) in [6, 6.07) is 5.43. The molecule has 78 valence electrons. The SMILES string of the molecule is Cc1ccc(-n2c(=O)[nH][nH]c2=O)cc1C. The van der Waals surface area contributed by atoms with Gasteiger partial charge in [-0.05, 0) is 37.1 Å². The van der Waals surface area contributed by atoms with E-state index in [4.69, 9.17) is 0 Å². The van der Waals surface area contributed by atoms with Crippen LogP contribution < -0.4 is 11.4 Å². The van der Waals surface area contributed by atoms with E-state index >= 15 is 0 Å². The molecule has 2 N–H and O–H groups in total. The summed E-state index contributed by atoms with van der Waals surface area (Å²) in [5, 5.41) is 4.48. The first-order valence-electron chi connectivity index (χ1n) is 4.57. The lowest BCUT2D eigenvalue weighted by atomic mass is 10.1. The van der Waals surface area contributed by atoms with Crippen LogP contribution in [0.2, 0.25) is 0 Å². The molecule has 5 nitrogen and oxygen atoms in total. The number of nitrogens with one attached hydrogen (secondary N) is 2. The number of hydrogen-bond donors (Lipinski definition) is 2. The van der Waals surface area contributed by atoms with Crippen LogP contribution in [-0.4, -0.2) is 14.8 Å². The van der Waals surface area contributed by atoms with Crippen molar-refractivity contribution < 1.29 is 0 Å². The lowest BCUT2D eigenvalue weighted by Gasteiger charge is -2.03. The van der Waals surface area contributed by atoms with E-state index in [1.807, 2.05) is 19.9 Å². The Balaban J connectivity index is 2.70. The van der Waals surface area contributed by atoms with Crippen LogP contribution in [0.25, 0.3) is 5.69 Å². The van der Waals surface area contributed by atoms with Gasteiger partial charge < -0.3 is 0 Å². The number of aromatic nitrogens is 3. The highest BCUT2D eigenvalue weighted by Gasteiger charge is 2.05. The molecule has 0 saturated carbocycles. The third kappa shape index (κ3) is 1.52. The van der Waals surface area contributed by atoms with Gasteiger partial charge in [0.1, 0.15) is 0 Å². The Kier molecular flexibility index (Phi) is 2.07. The fourth-order valence-corrected chi connectivity index (χ4v) is 1.41. The Bertz CT molecular complexity index is 576. The van der Waals surface area contributed by atoms with Crippen molar-refractivity contribution in [2.75, 3.05) is 0 Å². The summed E-state index contributed by atoms with van der Waals surface area (Å²) in [4.78, 5) is 22.6. The van der Waals surface area contributed by atoms with Gasteiger partial charge in [-0.2, -0.15) is 0 Å². The zero-order chi connectivity index (χ0) is 11.0. The maximum Gasteiger partial charge on any atom is 0.348 e. The van der Waals surface area contributed by atoms with E-state index in [9.17, 15) is 9.59 Å². The normalized spacial score (nSPS) is 10.5. The maximum atomic E-state index is 11.3. The monoisotopic (exact) mass is 205 g/mol. The smallest absolute Gasteiger partial charge is 0.247 e. The number of hydrogen-bond acceptors (Lipinski definition) is 2. The molecule has 0 spiro atoms. The second kappa shape index (κ2) is 3.27. The van der Waals surface area contributed by atoms with E-state index in [2.05, 4.69) is 10.2 Å². The number of aryl methyl sites for hydroxylation is 2. The predicted molar refractivity (Wildman–Crippen MR) is 56.5 cm³/mol. The van der Waals surface area contributed by atoms with Crippen molar-refractivity contribution >= 4 is 0 Å². The minimum absolute atomic E-state index is 0.455. The molecule has 0 amide bonds. The van der Waals surface area contributed by atoms with E-state index in [1.165, 1.54) is 0 Å². The van der Waals surface area contributed by atoms with E-state index in [-0.39, 0.29) is 0 Å². The molecule has 0 atom stereocenters. The Morgan fingerprint density at radius 1 is 1.00 bits per heavy atom. The van der Waals surface area contributed by atoms with Crippen LogP contribution in [0.15, 0.2) is 27.8 Å². The molecule has 1 aromatic heterocycles. The molecule has 0 aliphatic carbocycles. The van der Waals surface area contributed by atoms with Gasteiger partial charge in [-0.15, -0.1) is 0 Å². The van der Waals surface area contributed by atoms with Crippen LogP contribution in [0.4, 0.5) is 0 Å². The van der Waals surface area contributed by atoms with E-state index in [0.717, 1.165) is 15.7 Å². The molecular formula is C10H11N3O2. The number of benzene rings is 1. The van der Waals surface area contributed by atoms with Crippen LogP contribution in [0.3, 0.4) is 0 Å². The zero-order valence-corrected chi connectivity index (χ0v) is 8.50. The zero-order valence-electron chi connectivity index (χ0n) is 8.50. The summed E-state index contributed by atoms with van der Waals surface area (Å²) in [7, 11) is 0. The van der Waals surface area contributed by atoms with Gasteiger partial charge in [-0.1, -0.05) is 6.07 Å². The highest BCUT2D eigenvalue weighted by atomic mass is 16.2. The average Bonchev–Trinajstić information content (AvgIpc) is 2.52. The van der Waals surface area contributed by atoms with Crippen molar-refractivity contribution in [1.29, 1.82) is 0 Å². The van der Waals surface area contributed by atoms with Gasteiger partial charge in [-0.25, -0.2) is 24.4 Å². The van der Waals surface area contributed by atoms with Crippen LogP contribution in [0.5, 0.6) is 0 Å². The highest BCUT2D eigenvalue weighted by molar-refractivity contribution is 5.39. The second-order valence-electron chi connectivity index (χ2n) is 3.46. The molecule has 0 fully saturated rings. The van der Waals surface area contributed by atoms with Crippen LogP contribution in [0, 0.1) is 13.8 Å². The second-order valence-corrected chi connectivity index (χ2v) is 3.46. The van der Waals surface area contributed by atoms with Crippen molar-refractivity contribution in [2.45, 2.75) is 13.8 Å². The first kappa shape index (κ1) is 9.51. The maximum absolute atomic E-state index is 11.3. The fraction of sp³-hybridized carbons (Fsp3) is 0.200. The Morgan fingerprint density at radius 3 is 2.13 bits per heavy atom. The lowest BCUT2D eigenvalue weighted by molar-refractivity contribution is 0.948. The number of rotatable bonds is 1. The quantitative estimate of drug-likeness (QED) is 0.710. The third-order valence-corrected chi connectivity index (χ3v) is 2.43. The van der Waals surface area contributed by atoms with Gasteiger partial charge >= 0.3 is 11.4 Å². The Labute approximate surface area is 85.4 Å². The molecule has 0 aliphatic heterocycles. The standard InChI is InChI=1S/C10H11N3O2/c1-6-3-4-8(5-7(6)2)13-9(14)11-12-10(13)15/h3-5H,1-2H3,(H,11,14)(H,12,15). The summed E-state index contributed by atoms with van der Waals surface area (Å²) in [6.07, 6.45) is 0. The number of aromatic amines is 2. The number of H-pyrrole nitrogens is 2. The van der Waals surface area contributed by atoms with Crippen molar-refractivity contribution in [2.24, 2.45) is 0 Å². The highest BCUT2D eigenvalue weighted by Crippen LogP contribution is 2.10. The summed E-state index contributed by atoms with van der Waals surface area (Å²) >= 11 is 0. The average molecular weight is 205 g/mol. The summed E-state index contributed by atoms with van der Waals surface area (Å²) in [5.41, 5.74) is 1.83. The van der Waals surface area contributed by atoms with Crippen molar-refractivity contribution in [1.82, 2.24) is 14.8 Å². The Hall–Kier alpha value is -2.04. The van der Waals surface area contributed by atoms with Crippen LogP contribution >= 0.6 is 0 Å². The molecule has 0 aliphatic rings. The molecule has 0 radical (unpaired) electrons. The largest absolute Gasteiger partial charge is 0.348 e. The molecule has 1 heterocycles. The molecular weight excluding hydrogens is 194 g/mol. The molecule has 1 aromatic carbocycles. The summed E-state index contributed by atoms with van der Waals surface area (Å²) in [5.74, 6) is 0. The van der Waals surface area contributed by atoms with E-state index in [0.29, 0.717) is 5.69 Å². The molecule has 15 heavy (non-hydrogen) atoms. The van der Waals surface area contributed by atoms with Gasteiger partial charge in [0.15, 0.2) is 0 Å². The minimum atomic E-state index is -0.455. The molecule has 2 aromatic rings. The fourth-order valence-electron chi connectivity index (χ4n) is 1.41. The third-order valence-electron chi connectivity index (χ3n) is 2.43. The van der Waals surface area contributed by atoms with Crippen LogP contribution in [0.1, 0.15) is 11.1 Å². The first-order valence-corrected chi connectivity index (χ1v) is 4.57. The summed E-state index contributed by atoms with van der Waals surface area (Å²) < 4.78 is 1.06. The molecule has 5 heteroatoms. The van der Waals surface area contributed by atoms with Gasteiger partial charge in [0.05, 0.1) is 5.69 Å². The van der Waals surface area contributed by atoms with E-state index < -0.39 is 11.4 Å². The lowest BCUT2D eigenvalue weighted by Crippen LogP contribution is -2.24. The number of nitrogens with zero attached hydrogens (tertiary/aromatic N) is 1.